The summed E-state index contributed by atoms with van der Waals surface area (Å²) in [6.45, 7) is 7.13. The van der Waals surface area contributed by atoms with Gasteiger partial charge in [-0.2, -0.15) is 0 Å². The highest BCUT2D eigenvalue weighted by atomic mass is 31.2. The maximum absolute atomic E-state index is 13.0. The maximum Gasteiger partial charge on any atom is 0.472 e. The van der Waals surface area contributed by atoms with Crippen molar-refractivity contribution in [2.45, 2.75) is 368 Å². The molecule has 0 aromatic rings. The number of aliphatic hydroxyl groups excluding tert-OH is 1. The first-order valence-corrected chi connectivity index (χ1v) is 40.0. The van der Waals surface area contributed by atoms with E-state index in [0.717, 1.165) is 115 Å². The van der Waals surface area contributed by atoms with Gasteiger partial charge >= 0.3 is 39.5 Å². The van der Waals surface area contributed by atoms with Gasteiger partial charge < -0.3 is 33.8 Å². The fourth-order valence-corrected chi connectivity index (χ4v) is 12.0. The monoisotopic (exact) mass is 1330 g/mol. The molecule has 91 heavy (non-hydrogen) atoms. The molecule has 0 aromatic carbocycles. The summed E-state index contributed by atoms with van der Waals surface area (Å²) in [5.74, 6) is -1.44. The molecule has 0 spiro atoms. The van der Waals surface area contributed by atoms with E-state index in [4.69, 9.17) is 37.0 Å². The standard InChI is InChI=1S/C72H136O17P2/c1-6-10-13-16-19-22-24-26-28-29-31-33-35-38-41-47-52-57-71(76)88-67(61-83-70(75)56-51-46-40-37-34-32-30-27-25-23-20-17-14-11-7-2)63-86-90(78,79)84-59-66(73)60-85-91(80,81)87-64-68(62-82-69(74)55-50-45-39-36-21-18-15-12-8-3)89-72(77)58-53-48-43-42-44-49-54-65(5)9-4/h23,25,27,30,65-68,73H,6-22,24,26,28-29,31-64H2,1-5H3,(H,78,79)(H,80,81)/b25-23-,30-27-/t65?,66-,67-,68-/m1/s1. The summed E-state index contributed by atoms with van der Waals surface area (Å²) >= 11 is 0. The van der Waals surface area contributed by atoms with E-state index in [0.29, 0.717) is 25.7 Å². The van der Waals surface area contributed by atoms with Crippen molar-refractivity contribution in [2.75, 3.05) is 39.6 Å². The smallest absolute Gasteiger partial charge is 0.462 e. The van der Waals surface area contributed by atoms with Crippen LogP contribution in [0.5, 0.6) is 0 Å². The molecular weight excluding hydrogens is 1200 g/mol. The molecule has 0 radical (unpaired) electrons. The van der Waals surface area contributed by atoms with Crippen LogP contribution in [0.2, 0.25) is 0 Å². The largest absolute Gasteiger partial charge is 0.472 e. The molecule has 6 atom stereocenters. The fourth-order valence-electron chi connectivity index (χ4n) is 10.4. The van der Waals surface area contributed by atoms with Crippen LogP contribution < -0.4 is 0 Å². The van der Waals surface area contributed by atoms with Crippen LogP contribution in [0, 0.1) is 5.92 Å². The van der Waals surface area contributed by atoms with Gasteiger partial charge in [-0.25, -0.2) is 9.13 Å². The lowest BCUT2D eigenvalue weighted by Crippen LogP contribution is -2.30. The number of hydrogen-bond acceptors (Lipinski definition) is 15. The summed E-state index contributed by atoms with van der Waals surface area (Å²) in [5.41, 5.74) is 0. The predicted octanol–water partition coefficient (Wildman–Crippen LogP) is 20.5. The number of allylic oxidation sites excluding steroid dienone is 4. The lowest BCUT2D eigenvalue weighted by atomic mass is 10.00. The maximum atomic E-state index is 13.0. The minimum Gasteiger partial charge on any atom is -0.462 e. The molecule has 0 aliphatic rings. The molecule has 0 heterocycles. The van der Waals surface area contributed by atoms with E-state index in [-0.39, 0.29) is 25.7 Å². The Balaban J connectivity index is 5.26. The van der Waals surface area contributed by atoms with Crippen LogP contribution in [0.1, 0.15) is 349 Å². The van der Waals surface area contributed by atoms with E-state index in [1.54, 1.807) is 0 Å². The summed E-state index contributed by atoms with van der Waals surface area (Å²) in [6.07, 6.45) is 55.0. The van der Waals surface area contributed by atoms with Crippen LogP contribution in [0.4, 0.5) is 0 Å². The first-order chi connectivity index (χ1) is 44.1. The third kappa shape index (κ3) is 64.6. The molecule has 19 heteroatoms. The van der Waals surface area contributed by atoms with Gasteiger partial charge in [0.05, 0.1) is 26.4 Å². The van der Waals surface area contributed by atoms with Gasteiger partial charge in [0.25, 0.3) is 0 Å². The van der Waals surface area contributed by atoms with Gasteiger partial charge in [0, 0.05) is 25.7 Å². The molecule has 0 amide bonds. The Morgan fingerprint density at radius 1 is 0.352 bits per heavy atom. The second-order valence-corrected chi connectivity index (χ2v) is 28.4. The summed E-state index contributed by atoms with van der Waals surface area (Å²) in [5, 5.41) is 10.6. The zero-order chi connectivity index (χ0) is 67.0. The third-order valence-electron chi connectivity index (χ3n) is 16.5. The van der Waals surface area contributed by atoms with Crippen LogP contribution >= 0.6 is 15.6 Å². The molecule has 17 nitrogen and oxygen atoms in total. The normalized spacial score (nSPS) is 14.5. The number of unbranched alkanes of at least 4 members (excludes halogenated alkanes) is 38. The van der Waals surface area contributed by atoms with E-state index in [2.05, 4.69) is 58.9 Å². The Kier molecular flexibility index (Phi) is 63.1. The zero-order valence-corrected chi connectivity index (χ0v) is 60.3. The van der Waals surface area contributed by atoms with Crippen molar-refractivity contribution in [3.8, 4) is 0 Å². The average molecular weight is 1340 g/mol. The molecule has 0 aliphatic heterocycles. The number of aliphatic hydroxyl groups is 1. The second kappa shape index (κ2) is 64.9. The highest BCUT2D eigenvalue weighted by Crippen LogP contribution is 2.45. The van der Waals surface area contributed by atoms with E-state index in [1.165, 1.54) is 154 Å². The van der Waals surface area contributed by atoms with Crippen molar-refractivity contribution in [1.82, 2.24) is 0 Å². The van der Waals surface area contributed by atoms with E-state index in [1.807, 2.05) is 0 Å². The Hall–Kier alpha value is -2.46. The summed E-state index contributed by atoms with van der Waals surface area (Å²) in [4.78, 5) is 72.5. The Morgan fingerprint density at radius 3 is 0.934 bits per heavy atom. The summed E-state index contributed by atoms with van der Waals surface area (Å²) < 4.78 is 68.2. The first-order valence-electron chi connectivity index (χ1n) is 37.0. The van der Waals surface area contributed by atoms with Crippen molar-refractivity contribution in [3.63, 3.8) is 0 Å². The van der Waals surface area contributed by atoms with Crippen LogP contribution in [0.15, 0.2) is 24.3 Å². The van der Waals surface area contributed by atoms with Gasteiger partial charge in [-0.15, -0.1) is 0 Å². The van der Waals surface area contributed by atoms with Crippen molar-refractivity contribution in [1.29, 1.82) is 0 Å². The van der Waals surface area contributed by atoms with Gasteiger partial charge in [-0.3, -0.25) is 37.3 Å². The van der Waals surface area contributed by atoms with Crippen LogP contribution in [-0.2, 0) is 65.4 Å². The lowest BCUT2D eigenvalue weighted by molar-refractivity contribution is -0.161. The van der Waals surface area contributed by atoms with Crippen molar-refractivity contribution < 1.29 is 80.2 Å². The Morgan fingerprint density at radius 2 is 0.615 bits per heavy atom. The summed E-state index contributed by atoms with van der Waals surface area (Å²) in [6, 6.07) is 0. The van der Waals surface area contributed by atoms with Crippen molar-refractivity contribution in [2.24, 2.45) is 5.92 Å². The lowest BCUT2D eigenvalue weighted by Gasteiger charge is -2.21. The quantitative estimate of drug-likeness (QED) is 0.0169. The third-order valence-corrected chi connectivity index (χ3v) is 18.4. The van der Waals surface area contributed by atoms with Crippen molar-refractivity contribution >= 4 is 39.5 Å². The van der Waals surface area contributed by atoms with Crippen LogP contribution in [0.25, 0.3) is 0 Å². The molecule has 0 saturated carbocycles. The zero-order valence-electron chi connectivity index (χ0n) is 58.5. The average Bonchev–Trinajstić information content (AvgIpc) is 3.63. The fraction of sp³-hybridized carbons (Fsp3) is 0.889. The molecule has 536 valence electrons. The number of esters is 4. The van der Waals surface area contributed by atoms with Gasteiger partial charge in [0.1, 0.15) is 19.3 Å². The number of rotatable bonds is 70. The number of hydrogen-bond donors (Lipinski definition) is 3. The number of ether oxygens (including phenoxy) is 4. The molecule has 0 saturated heterocycles. The highest BCUT2D eigenvalue weighted by molar-refractivity contribution is 7.47. The van der Waals surface area contributed by atoms with E-state index < -0.39 is 97.5 Å². The minimum absolute atomic E-state index is 0.101. The highest BCUT2D eigenvalue weighted by Gasteiger charge is 2.30. The molecule has 0 aliphatic carbocycles. The van der Waals surface area contributed by atoms with Crippen molar-refractivity contribution in [3.05, 3.63) is 24.3 Å². The van der Waals surface area contributed by atoms with Crippen LogP contribution in [-0.4, -0.2) is 96.7 Å². The number of phosphoric acid groups is 2. The molecule has 3 unspecified atom stereocenters. The Bertz CT molecular complexity index is 1850. The SMILES string of the molecule is CCCCCC/C=C\C=C/CCCCCCCC(=O)OC[C@H](COP(=O)(O)OC[C@@H](O)COP(=O)(O)OC[C@@H](COC(=O)CCCCCCCCCCC)OC(=O)CCCCCCCCC(C)CC)OC(=O)CCCCCCCCCCCCCCCCCCC. The van der Waals surface area contributed by atoms with E-state index in [9.17, 15) is 43.2 Å². The molecular formula is C72H136O17P2. The van der Waals surface area contributed by atoms with Gasteiger partial charge in [-0.05, 0) is 57.3 Å². The van der Waals surface area contributed by atoms with E-state index >= 15 is 0 Å². The minimum atomic E-state index is -4.96. The molecule has 0 rings (SSSR count). The number of carbonyl (C=O) groups is 4. The molecule has 0 bridgehead atoms. The predicted molar refractivity (Wildman–Crippen MR) is 368 cm³/mol. The van der Waals surface area contributed by atoms with Crippen LogP contribution in [0.3, 0.4) is 0 Å². The number of carbonyl (C=O) groups excluding carboxylic acids is 4. The second-order valence-electron chi connectivity index (χ2n) is 25.5. The summed E-state index contributed by atoms with van der Waals surface area (Å²) in [7, 11) is -9.91. The molecule has 3 N–H and O–H groups in total. The Labute approximate surface area is 554 Å². The molecule has 0 fully saturated rings. The number of phosphoric ester groups is 2. The molecule has 0 aromatic heterocycles. The van der Waals surface area contributed by atoms with Gasteiger partial charge in [-0.1, -0.05) is 296 Å². The first kappa shape index (κ1) is 88.5. The topological polar surface area (TPSA) is 237 Å². The van der Waals surface area contributed by atoms with Gasteiger partial charge in [0.15, 0.2) is 12.2 Å². The van der Waals surface area contributed by atoms with Gasteiger partial charge in [0.2, 0.25) is 0 Å².